The lowest BCUT2D eigenvalue weighted by Gasteiger charge is -2.27. The molecule has 2 N–H and O–H groups in total. The van der Waals surface area contributed by atoms with E-state index in [2.05, 4.69) is 6.92 Å². The van der Waals surface area contributed by atoms with E-state index in [4.69, 9.17) is 18.9 Å². The Morgan fingerprint density at radius 1 is 0.650 bits per heavy atom. The quantitative estimate of drug-likeness (QED) is 0.0975. The van der Waals surface area contributed by atoms with Crippen LogP contribution in [-0.4, -0.2) is 88.3 Å². The van der Waals surface area contributed by atoms with E-state index in [9.17, 15) is 29.4 Å². The Balaban J connectivity index is 2.41. The van der Waals surface area contributed by atoms with Crippen molar-refractivity contribution in [1.29, 1.82) is 0 Å². The van der Waals surface area contributed by atoms with Crippen LogP contribution in [0.5, 0.6) is 0 Å². The van der Waals surface area contributed by atoms with E-state index in [0.29, 0.717) is 25.7 Å². The lowest BCUT2D eigenvalue weighted by Crippen LogP contribution is -2.30. The monoisotopic (exact) mass is 608 g/mol. The predicted molar refractivity (Wildman–Crippen MR) is 155 cm³/mol. The summed E-state index contributed by atoms with van der Waals surface area (Å²) in [5, 5.41) is 19.1. The lowest BCUT2D eigenvalue weighted by atomic mass is 10.1. The Bertz CT molecular complexity index is 743. The maximum atomic E-state index is 12.5. The van der Waals surface area contributed by atoms with Crippen LogP contribution in [0.25, 0.3) is 0 Å². The Morgan fingerprint density at radius 3 is 1.55 bits per heavy atom. The molecular formula is C28H48O10S2. The van der Waals surface area contributed by atoms with Gasteiger partial charge in [-0.2, -0.15) is 0 Å². The average molecular weight is 609 g/mol. The molecule has 0 spiro atoms. The van der Waals surface area contributed by atoms with Crippen LogP contribution in [-0.2, 0) is 38.1 Å². The van der Waals surface area contributed by atoms with Gasteiger partial charge in [-0.1, -0.05) is 46.0 Å². The van der Waals surface area contributed by atoms with Crippen LogP contribution in [0, 0.1) is 0 Å². The van der Waals surface area contributed by atoms with Gasteiger partial charge in [0.25, 0.3) is 0 Å². The van der Waals surface area contributed by atoms with Crippen LogP contribution in [0.15, 0.2) is 0 Å². The lowest BCUT2D eigenvalue weighted by molar-refractivity contribution is -0.161. The smallest absolute Gasteiger partial charge is 0.306 e. The van der Waals surface area contributed by atoms with Crippen LogP contribution in [0.1, 0.15) is 97.3 Å². The Morgan fingerprint density at radius 2 is 1.10 bits per heavy atom. The molecule has 0 radical (unpaired) electrons. The Kier molecular flexibility index (Phi) is 20.2. The van der Waals surface area contributed by atoms with Crippen molar-refractivity contribution in [1.82, 2.24) is 0 Å². The summed E-state index contributed by atoms with van der Waals surface area (Å²) < 4.78 is 20.5. The first-order chi connectivity index (χ1) is 19.3. The predicted octanol–water partition coefficient (Wildman–Crippen LogP) is 4.17. The molecule has 0 saturated carbocycles. The fourth-order valence-electron chi connectivity index (χ4n) is 3.94. The molecule has 10 nitrogen and oxygen atoms in total. The third-order valence-corrected chi connectivity index (χ3v) is 9.97. The number of unbranched alkanes of at least 4 members (excludes halogenated alkanes) is 5. The molecule has 1 saturated heterocycles. The molecule has 1 aliphatic rings. The number of carbonyl (C=O) groups is 4. The Hall–Kier alpha value is -1.50. The minimum atomic E-state index is -0.919. The zero-order chi connectivity index (χ0) is 29.6. The minimum Gasteiger partial charge on any atom is -0.462 e. The van der Waals surface area contributed by atoms with Crippen molar-refractivity contribution in [2.24, 2.45) is 0 Å². The highest BCUT2D eigenvalue weighted by atomic mass is 32.2. The first-order valence-corrected chi connectivity index (χ1v) is 16.4. The van der Waals surface area contributed by atoms with Crippen LogP contribution >= 0.6 is 23.5 Å². The molecule has 0 aromatic heterocycles. The molecule has 0 bridgehead atoms. The van der Waals surface area contributed by atoms with Gasteiger partial charge in [-0.05, 0) is 25.7 Å². The molecular weight excluding hydrogens is 560 g/mol. The average Bonchev–Trinajstić information content (AvgIpc) is 3.43. The van der Waals surface area contributed by atoms with Gasteiger partial charge in [0, 0.05) is 37.2 Å². The van der Waals surface area contributed by atoms with E-state index < -0.39 is 37.4 Å². The molecule has 2 atom stereocenters. The summed E-state index contributed by atoms with van der Waals surface area (Å²) in [6.45, 7) is 2.82. The van der Waals surface area contributed by atoms with E-state index in [1.54, 1.807) is 23.5 Å². The van der Waals surface area contributed by atoms with Gasteiger partial charge in [0.2, 0.25) is 0 Å². The summed E-state index contributed by atoms with van der Waals surface area (Å²) in [6.07, 6.45) is 6.48. The second kappa shape index (κ2) is 22.1. The van der Waals surface area contributed by atoms with Gasteiger partial charge in [0.1, 0.15) is 13.2 Å². The van der Waals surface area contributed by atoms with Crippen LogP contribution in [0.3, 0.4) is 0 Å². The summed E-state index contributed by atoms with van der Waals surface area (Å²) >= 11 is 3.36. The molecule has 0 amide bonds. The number of thioether (sulfide) groups is 2. The third-order valence-electron chi connectivity index (χ3n) is 6.32. The van der Waals surface area contributed by atoms with Crippen molar-refractivity contribution in [3.8, 4) is 0 Å². The number of ether oxygens (including phenoxy) is 4. The van der Waals surface area contributed by atoms with Crippen LogP contribution in [0.2, 0.25) is 0 Å². The first-order valence-electron chi connectivity index (χ1n) is 14.5. The molecule has 1 rings (SSSR count). The van der Waals surface area contributed by atoms with Gasteiger partial charge in [0.15, 0.2) is 12.2 Å². The highest BCUT2D eigenvalue weighted by molar-refractivity contribution is 8.21. The van der Waals surface area contributed by atoms with Gasteiger partial charge in [-0.3, -0.25) is 19.2 Å². The molecule has 232 valence electrons. The molecule has 2 unspecified atom stereocenters. The molecule has 0 aliphatic carbocycles. The van der Waals surface area contributed by atoms with Crippen molar-refractivity contribution in [3.05, 3.63) is 0 Å². The summed E-state index contributed by atoms with van der Waals surface area (Å²) in [5.41, 5.74) is 0. The van der Waals surface area contributed by atoms with E-state index in [1.165, 1.54) is 0 Å². The number of hydrogen-bond donors (Lipinski definition) is 2. The normalized spacial score (nSPS) is 15.7. The van der Waals surface area contributed by atoms with Gasteiger partial charge in [-0.15, -0.1) is 23.5 Å². The van der Waals surface area contributed by atoms with Gasteiger partial charge < -0.3 is 29.2 Å². The molecule has 1 aliphatic heterocycles. The van der Waals surface area contributed by atoms with E-state index >= 15 is 0 Å². The zero-order valence-corrected chi connectivity index (χ0v) is 25.7. The number of aliphatic hydroxyl groups excluding tert-OH is 2. The van der Waals surface area contributed by atoms with Gasteiger partial charge in [0.05, 0.1) is 17.3 Å². The standard InChI is InChI=1S/C28H48O10S2/c1-3-5-7-8-9-11-25(32)36-21-23(19-30)38-27(34)13-15-28(39-16-17-40-28)14-12-26(33)37-22(18-29)20-35-24(31)10-6-4-2/h22-23,29-30H,3-21H2,1-2H3. The van der Waals surface area contributed by atoms with Crippen molar-refractivity contribution in [2.75, 3.05) is 37.9 Å². The summed E-state index contributed by atoms with van der Waals surface area (Å²) in [7, 11) is 0. The van der Waals surface area contributed by atoms with E-state index in [1.807, 2.05) is 6.92 Å². The zero-order valence-electron chi connectivity index (χ0n) is 24.1. The van der Waals surface area contributed by atoms with Crippen molar-refractivity contribution in [2.45, 2.75) is 114 Å². The molecule has 1 heterocycles. The highest BCUT2D eigenvalue weighted by Crippen LogP contribution is 2.50. The maximum absolute atomic E-state index is 12.5. The van der Waals surface area contributed by atoms with Crippen LogP contribution < -0.4 is 0 Å². The van der Waals surface area contributed by atoms with Crippen molar-refractivity contribution < 1.29 is 48.3 Å². The van der Waals surface area contributed by atoms with Gasteiger partial charge >= 0.3 is 23.9 Å². The maximum Gasteiger partial charge on any atom is 0.306 e. The summed E-state index contributed by atoms with van der Waals surface area (Å²) in [5.74, 6) is 0.000329. The number of rotatable bonds is 23. The second-order valence-corrected chi connectivity index (χ2v) is 13.0. The van der Waals surface area contributed by atoms with Crippen molar-refractivity contribution >= 4 is 47.4 Å². The Labute approximate surface area is 247 Å². The molecule has 0 aromatic rings. The summed E-state index contributed by atoms with van der Waals surface area (Å²) in [4.78, 5) is 48.5. The number of hydrogen-bond acceptors (Lipinski definition) is 12. The van der Waals surface area contributed by atoms with Gasteiger partial charge in [-0.25, -0.2) is 0 Å². The topological polar surface area (TPSA) is 146 Å². The number of aliphatic hydroxyl groups is 2. The second-order valence-electron chi connectivity index (χ2n) is 9.83. The fourth-order valence-corrected chi connectivity index (χ4v) is 7.17. The largest absolute Gasteiger partial charge is 0.462 e. The van der Waals surface area contributed by atoms with Crippen LogP contribution in [0.4, 0.5) is 0 Å². The molecule has 0 aromatic carbocycles. The van der Waals surface area contributed by atoms with Crippen molar-refractivity contribution in [3.63, 3.8) is 0 Å². The molecule has 1 fully saturated rings. The fraction of sp³-hybridized carbons (Fsp3) is 0.857. The van der Waals surface area contributed by atoms with E-state index in [-0.39, 0.29) is 48.5 Å². The SMILES string of the molecule is CCCCCCCC(=O)OCC(CO)OC(=O)CCC1(CCC(=O)OC(CO)COC(=O)CCCC)SCCS1. The highest BCUT2D eigenvalue weighted by Gasteiger charge is 2.37. The number of esters is 4. The van der Waals surface area contributed by atoms with E-state index in [0.717, 1.165) is 50.0 Å². The first kappa shape index (κ1) is 36.5. The molecule has 40 heavy (non-hydrogen) atoms. The summed E-state index contributed by atoms with van der Waals surface area (Å²) in [6, 6.07) is 0. The molecule has 12 heteroatoms. The number of carbonyl (C=O) groups excluding carboxylic acids is 4. The minimum absolute atomic E-state index is 0.0863. The third kappa shape index (κ3) is 16.7.